The summed E-state index contributed by atoms with van der Waals surface area (Å²) < 4.78 is 0. The lowest BCUT2D eigenvalue weighted by molar-refractivity contribution is 0.138. The van der Waals surface area contributed by atoms with E-state index < -0.39 is 0 Å². The molecule has 0 aromatic heterocycles. The normalized spacial score (nSPS) is 33.6. The Hall–Kier alpha value is -0.380. The smallest absolute Gasteiger partial charge is 0.0683 e. The molecule has 0 radical (unpaired) electrons. The lowest BCUT2D eigenvalue weighted by Gasteiger charge is -2.26. The van der Waals surface area contributed by atoms with E-state index in [4.69, 9.17) is 5.11 Å². The van der Waals surface area contributed by atoms with Gasteiger partial charge in [-0.15, -0.1) is 6.58 Å². The molecule has 1 aliphatic heterocycles. The van der Waals surface area contributed by atoms with Crippen LogP contribution in [-0.4, -0.2) is 46.5 Å². The molecule has 0 spiro atoms. The molecular weight excluding hydrogens is 154 g/mol. The van der Waals surface area contributed by atoms with Crippen LogP contribution in [0.3, 0.4) is 0 Å². The monoisotopic (exact) mass is 171 g/mol. The molecule has 0 amide bonds. The fraction of sp³-hybridized carbons (Fsp3) is 0.778. The van der Waals surface area contributed by atoms with Crippen molar-refractivity contribution < 1.29 is 10.2 Å². The van der Waals surface area contributed by atoms with Gasteiger partial charge in [0.25, 0.3) is 0 Å². The Kier molecular flexibility index (Phi) is 3.26. The van der Waals surface area contributed by atoms with Gasteiger partial charge in [0.05, 0.1) is 12.7 Å². The van der Waals surface area contributed by atoms with E-state index in [1.54, 1.807) is 0 Å². The Labute approximate surface area is 73.3 Å². The largest absolute Gasteiger partial charge is 0.395 e. The van der Waals surface area contributed by atoms with Gasteiger partial charge in [0.15, 0.2) is 0 Å². The summed E-state index contributed by atoms with van der Waals surface area (Å²) in [5.74, 6) is 0. The molecule has 2 N–H and O–H groups in total. The minimum atomic E-state index is -0.287. The van der Waals surface area contributed by atoms with Gasteiger partial charge < -0.3 is 10.2 Å². The maximum atomic E-state index is 9.36. The Morgan fingerprint density at radius 1 is 1.75 bits per heavy atom. The van der Waals surface area contributed by atoms with Crippen LogP contribution < -0.4 is 0 Å². The van der Waals surface area contributed by atoms with E-state index in [1.165, 1.54) is 0 Å². The molecule has 0 aromatic carbocycles. The Morgan fingerprint density at radius 3 is 2.92 bits per heavy atom. The van der Waals surface area contributed by atoms with Crippen molar-refractivity contribution in [2.75, 3.05) is 13.2 Å². The highest BCUT2D eigenvalue weighted by Crippen LogP contribution is 2.20. The standard InChI is InChI=1S/C9H17NO2/c1-3-7(2)10-5-9(12)4-8(10)6-11/h3,7-9,11-12H,1,4-6H2,2H3/t7?,8-,9+/m0/s1. The van der Waals surface area contributed by atoms with Gasteiger partial charge in [0.1, 0.15) is 0 Å². The molecule has 12 heavy (non-hydrogen) atoms. The van der Waals surface area contributed by atoms with E-state index in [9.17, 15) is 5.11 Å². The average Bonchev–Trinajstić information content (AvgIpc) is 2.45. The third-order valence-corrected chi connectivity index (χ3v) is 2.51. The first-order valence-electron chi connectivity index (χ1n) is 4.36. The summed E-state index contributed by atoms with van der Waals surface area (Å²) in [4.78, 5) is 2.08. The van der Waals surface area contributed by atoms with Gasteiger partial charge in [-0.1, -0.05) is 6.08 Å². The molecule has 70 valence electrons. The van der Waals surface area contributed by atoms with Crippen LogP contribution in [0.2, 0.25) is 0 Å². The van der Waals surface area contributed by atoms with Gasteiger partial charge in [-0.25, -0.2) is 0 Å². The van der Waals surface area contributed by atoms with Gasteiger partial charge in [-0.3, -0.25) is 4.90 Å². The van der Waals surface area contributed by atoms with E-state index in [0.717, 1.165) is 0 Å². The zero-order chi connectivity index (χ0) is 9.14. The predicted octanol–water partition coefficient (Wildman–Crippen LogP) is -0.0116. The van der Waals surface area contributed by atoms with Gasteiger partial charge in [-0.2, -0.15) is 0 Å². The summed E-state index contributed by atoms with van der Waals surface area (Å²) in [5.41, 5.74) is 0. The first kappa shape index (κ1) is 9.71. The number of nitrogens with zero attached hydrogens (tertiary/aromatic N) is 1. The zero-order valence-electron chi connectivity index (χ0n) is 7.48. The lowest BCUT2D eigenvalue weighted by atomic mass is 10.2. The van der Waals surface area contributed by atoms with Crippen LogP contribution in [0.1, 0.15) is 13.3 Å². The summed E-state index contributed by atoms with van der Waals surface area (Å²) in [7, 11) is 0. The van der Waals surface area contributed by atoms with Crippen molar-refractivity contribution in [2.45, 2.75) is 31.5 Å². The van der Waals surface area contributed by atoms with Crippen LogP contribution >= 0.6 is 0 Å². The predicted molar refractivity (Wildman–Crippen MR) is 47.9 cm³/mol. The fourth-order valence-corrected chi connectivity index (χ4v) is 1.73. The summed E-state index contributed by atoms with van der Waals surface area (Å²) in [5, 5.41) is 18.4. The van der Waals surface area contributed by atoms with Gasteiger partial charge in [-0.05, 0) is 13.3 Å². The second-order valence-corrected chi connectivity index (χ2v) is 3.40. The Balaban J connectivity index is 2.56. The number of likely N-dealkylation sites (tertiary alicyclic amines) is 1. The summed E-state index contributed by atoms with van der Waals surface area (Å²) >= 11 is 0. The van der Waals surface area contributed by atoms with E-state index in [1.807, 2.05) is 13.0 Å². The average molecular weight is 171 g/mol. The molecule has 0 saturated carbocycles. The molecule has 1 fully saturated rings. The second-order valence-electron chi connectivity index (χ2n) is 3.40. The zero-order valence-corrected chi connectivity index (χ0v) is 7.48. The van der Waals surface area contributed by atoms with Crippen LogP contribution in [0.4, 0.5) is 0 Å². The minimum absolute atomic E-state index is 0.105. The van der Waals surface area contributed by atoms with E-state index in [0.29, 0.717) is 13.0 Å². The van der Waals surface area contributed by atoms with Crippen molar-refractivity contribution in [3.05, 3.63) is 12.7 Å². The Bertz CT molecular complexity index is 161. The number of aliphatic hydroxyl groups is 2. The Morgan fingerprint density at radius 2 is 2.42 bits per heavy atom. The maximum Gasteiger partial charge on any atom is 0.0683 e. The number of hydrogen-bond donors (Lipinski definition) is 2. The van der Waals surface area contributed by atoms with Gasteiger partial charge >= 0.3 is 0 Å². The fourth-order valence-electron chi connectivity index (χ4n) is 1.73. The van der Waals surface area contributed by atoms with Crippen molar-refractivity contribution in [2.24, 2.45) is 0 Å². The van der Waals surface area contributed by atoms with Crippen LogP contribution in [0.15, 0.2) is 12.7 Å². The van der Waals surface area contributed by atoms with Crippen LogP contribution in [0.5, 0.6) is 0 Å². The first-order chi connectivity index (χ1) is 5.69. The lowest BCUT2D eigenvalue weighted by Crippen LogP contribution is -2.38. The number of rotatable bonds is 3. The van der Waals surface area contributed by atoms with Gasteiger partial charge in [0, 0.05) is 18.6 Å². The number of aliphatic hydroxyl groups excluding tert-OH is 2. The maximum absolute atomic E-state index is 9.36. The third kappa shape index (κ3) is 1.86. The molecule has 1 unspecified atom stereocenters. The molecule has 3 atom stereocenters. The quantitative estimate of drug-likeness (QED) is 0.587. The van der Waals surface area contributed by atoms with E-state index in [-0.39, 0.29) is 24.8 Å². The number of hydrogen-bond acceptors (Lipinski definition) is 3. The minimum Gasteiger partial charge on any atom is -0.395 e. The molecule has 1 heterocycles. The molecular formula is C9H17NO2. The molecule has 0 aliphatic carbocycles. The van der Waals surface area contributed by atoms with E-state index >= 15 is 0 Å². The SMILES string of the molecule is C=CC(C)N1C[C@H](O)C[C@H]1CO. The van der Waals surface area contributed by atoms with E-state index in [2.05, 4.69) is 11.5 Å². The molecule has 1 saturated heterocycles. The molecule has 3 heteroatoms. The highest BCUT2D eigenvalue weighted by molar-refractivity contribution is 4.93. The molecule has 1 rings (SSSR count). The van der Waals surface area contributed by atoms with Crippen molar-refractivity contribution in [3.63, 3.8) is 0 Å². The molecule has 0 aromatic rings. The molecule has 1 aliphatic rings. The highest BCUT2D eigenvalue weighted by atomic mass is 16.3. The van der Waals surface area contributed by atoms with Crippen LogP contribution in [0.25, 0.3) is 0 Å². The van der Waals surface area contributed by atoms with Crippen molar-refractivity contribution in [3.8, 4) is 0 Å². The number of β-amino-alcohol motifs (C(OH)–C–C–N with tert-alkyl or cyclic N) is 1. The van der Waals surface area contributed by atoms with Crippen LogP contribution in [0, 0.1) is 0 Å². The summed E-state index contributed by atoms with van der Waals surface area (Å²) in [6.07, 6.45) is 2.22. The topological polar surface area (TPSA) is 43.7 Å². The highest BCUT2D eigenvalue weighted by Gasteiger charge is 2.32. The van der Waals surface area contributed by atoms with Crippen molar-refractivity contribution in [1.29, 1.82) is 0 Å². The van der Waals surface area contributed by atoms with Crippen LogP contribution in [-0.2, 0) is 0 Å². The first-order valence-corrected chi connectivity index (χ1v) is 4.36. The molecule has 0 bridgehead atoms. The van der Waals surface area contributed by atoms with Crippen molar-refractivity contribution >= 4 is 0 Å². The van der Waals surface area contributed by atoms with Crippen molar-refractivity contribution in [1.82, 2.24) is 4.90 Å². The third-order valence-electron chi connectivity index (χ3n) is 2.51. The summed E-state index contributed by atoms with van der Waals surface area (Å²) in [6.45, 7) is 6.49. The second kappa shape index (κ2) is 4.03. The van der Waals surface area contributed by atoms with Gasteiger partial charge in [0.2, 0.25) is 0 Å². The molecule has 3 nitrogen and oxygen atoms in total. The summed E-state index contributed by atoms with van der Waals surface area (Å²) in [6, 6.07) is 0.340.